The lowest BCUT2D eigenvalue weighted by Crippen LogP contribution is -2.65. The second kappa shape index (κ2) is 6.86. The summed E-state index contributed by atoms with van der Waals surface area (Å²) in [7, 11) is -3.31. The predicted octanol–water partition coefficient (Wildman–Crippen LogP) is 0.831. The van der Waals surface area contributed by atoms with E-state index in [-0.39, 0.29) is 37.4 Å². The number of nitrogens with zero attached hydrogens (tertiary/aromatic N) is 7. The maximum atomic E-state index is 12.0. The number of anilines is 1. The van der Waals surface area contributed by atoms with Crippen LogP contribution in [-0.2, 0) is 20.4 Å². The van der Waals surface area contributed by atoms with Gasteiger partial charge in [-0.25, -0.2) is 19.5 Å². The first-order chi connectivity index (χ1) is 14.8. The average Bonchev–Trinajstić information content (AvgIpc) is 3.28. The van der Waals surface area contributed by atoms with Crippen molar-refractivity contribution < 1.29 is 13.2 Å². The van der Waals surface area contributed by atoms with Gasteiger partial charge in [-0.3, -0.25) is 14.8 Å². The normalized spacial score (nSPS) is 18.5. The van der Waals surface area contributed by atoms with Gasteiger partial charge in [0.1, 0.15) is 0 Å². The van der Waals surface area contributed by atoms with Crippen LogP contribution < -0.4 is 5.32 Å². The number of amides is 1. The van der Waals surface area contributed by atoms with Crippen LogP contribution in [0.4, 0.5) is 5.95 Å². The first-order valence-electron chi connectivity index (χ1n) is 9.80. The summed E-state index contributed by atoms with van der Waals surface area (Å²) in [6.07, 6.45) is 6.41. The molecule has 12 heteroatoms. The highest BCUT2D eigenvalue weighted by atomic mass is 32.2. The topological polar surface area (TPSA) is 119 Å². The SMILES string of the molecule is [C-]#[N+]CC1(n2cc(-c3cccc4nc(NC(=O)C5CC5)nn34)cn2)CN(S(C)(=O)=O)C1. The monoisotopic (exact) mass is 440 g/mol. The molecule has 5 rings (SSSR count). The standard InChI is InChI=1S/C19H20N8O3S/c1-20-10-19(11-25(12-19)31(2,29)30)26-9-14(8-21-26)15-4-3-5-16-22-18(24-27(15)16)23-17(28)13-6-7-13/h3-5,8-9,13H,6-7,10-12H2,2H3,(H,23,24,28). The maximum absolute atomic E-state index is 12.0. The van der Waals surface area contributed by atoms with Gasteiger partial charge in [-0.2, -0.15) is 14.4 Å². The highest BCUT2D eigenvalue weighted by molar-refractivity contribution is 7.88. The number of sulfonamides is 1. The zero-order valence-corrected chi connectivity index (χ0v) is 17.6. The Hall–Kier alpha value is -3.30. The van der Waals surface area contributed by atoms with E-state index < -0.39 is 15.6 Å². The Balaban J connectivity index is 1.46. The van der Waals surface area contributed by atoms with Gasteiger partial charge >= 0.3 is 0 Å². The number of hydrogen-bond donors (Lipinski definition) is 1. The van der Waals surface area contributed by atoms with Crippen LogP contribution in [-0.4, -0.2) is 68.9 Å². The van der Waals surface area contributed by atoms with Crippen molar-refractivity contribution in [3.63, 3.8) is 0 Å². The molecule has 1 saturated heterocycles. The van der Waals surface area contributed by atoms with Crippen molar-refractivity contribution in [1.29, 1.82) is 0 Å². The molecule has 160 valence electrons. The van der Waals surface area contributed by atoms with E-state index >= 15 is 0 Å². The lowest BCUT2D eigenvalue weighted by atomic mass is 9.92. The molecule has 2 fully saturated rings. The van der Waals surface area contributed by atoms with Gasteiger partial charge in [0.05, 0.1) is 18.1 Å². The van der Waals surface area contributed by atoms with E-state index in [0.29, 0.717) is 5.65 Å². The van der Waals surface area contributed by atoms with Gasteiger partial charge in [0, 0.05) is 30.8 Å². The van der Waals surface area contributed by atoms with Gasteiger partial charge in [-0.15, -0.1) is 5.10 Å². The number of carbonyl (C=O) groups excluding carboxylic acids is 1. The number of pyridine rings is 1. The van der Waals surface area contributed by atoms with Crippen molar-refractivity contribution in [2.75, 3.05) is 31.2 Å². The molecular weight excluding hydrogens is 420 g/mol. The van der Waals surface area contributed by atoms with E-state index in [1.54, 1.807) is 27.7 Å². The molecule has 1 aliphatic heterocycles. The Kier molecular flexibility index (Phi) is 4.35. The minimum atomic E-state index is -3.31. The quantitative estimate of drug-likeness (QED) is 0.567. The fraction of sp³-hybridized carbons (Fsp3) is 0.421. The Bertz CT molecular complexity index is 1330. The van der Waals surface area contributed by atoms with Crippen LogP contribution in [0.25, 0.3) is 21.7 Å². The van der Waals surface area contributed by atoms with Crippen LogP contribution in [0.1, 0.15) is 12.8 Å². The molecule has 1 N–H and O–H groups in total. The maximum Gasteiger partial charge on any atom is 0.249 e. The Labute approximate surface area is 178 Å². The van der Waals surface area contributed by atoms with E-state index in [4.69, 9.17) is 6.57 Å². The molecule has 0 spiro atoms. The molecule has 1 aliphatic carbocycles. The average molecular weight is 440 g/mol. The third kappa shape index (κ3) is 3.45. The molecule has 3 aromatic heterocycles. The van der Waals surface area contributed by atoms with E-state index in [0.717, 1.165) is 30.4 Å². The van der Waals surface area contributed by atoms with Gasteiger partial charge in [-0.1, -0.05) is 6.07 Å². The van der Waals surface area contributed by atoms with Crippen LogP contribution in [0, 0.1) is 12.5 Å². The van der Waals surface area contributed by atoms with Gasteiger partial charge < -0.3 is 4.85 Å². The van der Waals surface area contributed by atoms with E-state index in [1.165, 1.54) is 4.31 Å². The number of aromatic nitrogens is 5. The highest BCUT2D eigenvalue weighted by Crippen LogP contribution is 2.33. The number of hydrogen-bond acceptors (Lipinski definition) is 6. The lowest BCUT2D eigenvalue weighted by molar-refractivity contribution is -0.117. The van der Waals surface area contributed by atoms with Crippen molar-refractivity contribution in [2.45, 2.75) is 18.4 Å². The summed E-state index contributed by atoms with van der Waals surface area (Å²) >= 11 is 0. The molecule has 11 nitrogen and oxygen atoms in total. The van der Waals surface area contributed by atoms with Crippen LogP contribution in [0.15, 0.2) is 30.6 Å². The molecule has 0 bridgehead atoms. The molecule has 1 amide bonds. The van der Waals surface area contributed by atoms with E-state index in [1.807, 2.05) is 12.1 Å². The predicted molar refractivity (Wildman–Crippen MR) is 111 cm³/mol. The summed E-state index contributed by atoms with van der Waals surface area (Å²) in [6, 6.07) is 5.50. The van der Waals surface area contributed by atoms with Crippen molar-refractivity contribution in [3.05, 3.63) is 42.0 Å². The first-order valence-corrected chi connectivity index (χ1v) is 11.6. The Morgan fingerprint density at radius 2 is 2.13 bits per heavy atom. The molecule has 31 heavy (non-hydrogen) atoms. The molecule has 4 heterocycles. The summed E-state index contributed by atoms with van der Waals surface area (Å²) < 4.78 is 28.3. The minimum Gasteiger partial charge on any atom is -0.314 e. The molecule has 0 radical (unpaired) electrons. The number of carbonyl (C=O) groups is 1. The van der Waals surface area contributed by atoms with Crippen molar-refractivity contribution >= 4 is 27.5 Å². The van der Waals surface area contributed by atoms with Crippen LogP contribution in [0.3, 0.4) is 0 Å². The zero-order valence-electron chi connectivity index (χ0n) is 16.8. The first kappa shape index (κ1) is 19.7. The zero-order chi connectivity index (χ0) is 21.8. The van der Waals surface area contributed by atoms with Crippen LogP contribution >= 0.6 is 0 Å². The fourth-order valence-electron chi connectivity index (χ4n) is 3.76. The summed E-state index contributed by atoms with van der Waals surface area (Å²) in [5.74, 6) is 0.243. The largest absolute Gasteiger partial charge is 0.314 e. The van der Waals surface area contributed by atoms with Crippen LogP contribution in [0.2, 0.25) is 0 Å². The second-order valence-electron chi connectivity index (χ2n) is 8.13. The molecule has 0 aromatic carbocycles. The summed E-state index contributed by atoms with van der Waals surface area (Å²) in [5, 5.41) is 11.6. The summed E-state index contributed by atoms with van der Waals surface area (Å²) in [5.41, 5.74) is 1.36. The van der Waals surface area contributed by atoms with Crippen molar-refractivity contribution in [1.82, 2.24) is 28.7 Å². The third-order valence-corrected chi connectivity index (χ3v) is 6.89. The molecule has 3 aromatic rings. The van der Waals surface area contributed by atoms with Gasteiger partial charge in [0.2, 0.25) is 28.4 Å². The van der Waals surface area contributed by atoms with Gasteiger partial charge in [0.15, 0.2) is 11.2 Å². The van der Waals surface area contributed by atoms with Crippen molar-refractivity contribution in [2.24, 2.45) is 5.92 Å². The van der Waals surface area contributed by atoms with Crippen LogP contribution in [0.5, 0.6) is 0 Å². The second-order valence-corrected chi connectivity index (χ2v) is 10.1. The van der Waals surface area contributed by atoms with Gasteiger partial charge in [0.25, 0.3) is 0 Å². The number of nitrogens with one attached hydrogen (secondary N) is 1. The van der Waals surface area contributed by atoms with E-state index in [2.05, 4.69) is 25.3 Å². The fourth-order valence-corrected chi connectivity index (χ4v) is 4.71. The smallest absolute Gasteiger partial charge is 0.249 e. The van der Waals surface area contributed by atoms with Crippen molar-refractivity contribution in [3.8, 4) is 11.3 Å². The molecule has 0 atom stereocenters. The number of fused-ring (bicyclic) bond motifs is 1. The molecule has 0 unspecified atom stereocenters. The van der Waals surface area contributed by atoms with E-state index in [9.17, 15) is 13.2 Å². The highest BCUT2D eigenvalue weighted by Gasteiger charge is 2.52. The number of rotatable bonds is 6. The Morgan fingerprint density at radius 3 is 2.81 bits per heavy atom. The Morgan fingerprint density at radius 1 is 1.35 bits per heavy atom. The lowest BCUT2D eigenvalue weighted by Gasteiger charge is -2.45. The summed E-state index contributed by atoms with van der Waals surface area (Å²) in [6.45, 7) is 7.84. The molecule has 1 saturated carbocycles. The summed E-state index contributed by atoms with van der Waals surface area (Å²) in [4.78, 5) is 19.9. The third-order valence-electron chi connectivity index (χ3n) is 5.69. The van der Waals surface area contributed by atoms with Gasteiger partial charge in [-0.05, 0) is 25.0 Å². The molecule has 2 aliphatic rings. The minimum absolute atomic E-state index is 0.0527. The molecular formula is C19H20N8O3S.